The van der Waals surface area contributed by atoms with Gasteiger partial charge in [0.25, 0.3) is 10.1 Å². The molecule has 0 rings (SSSR count). The van der Waals surface area contributed by atoms with Crippen molar-refractivity contribution in [2.24, 2.45) is 5.92 Å². The summed E-state index contributed by atoms with van der Waals surface area (Å²) in [7, 11) is -4.25. The first-order chi connectivity index (χ1) is 3.85. The van der Waals surface area contributed by atoms with Crippen LogP contribution in [0.5, 0.6) is 0 Å². The van der Waals surface area contributed by atoms with E-state index in [2.05, 4.69) is 0 Å². The smallest absolute Gasteiger partial charge is 0.375 e. The van der Waals surface area contributed by atoms with Crippen LogP contribution in [-0.4, -0.2) is 23.5 Å². The van der Waals surface area contributed by atoms with Crippen LogP contribution in [0.25, 0.3) is 0 Å². The van der Waals surface area contributed by atoms with Gasteiger partial charge in [0.05, 0.1) is 0 Å². The van der Waals surface area contributed by atoms with Crippen molar-refractivity contribution in [2.75, 3.05) is 0 Å². The molecule has 1 atom stereocenters. The summed E-state index contributed by atoms with van der Waals surface area (Å²) >= 11 is 0. The van der Waals surface area contributed by atoms with Gasteiger partial charge in [-0.15, -0.1) is 0 Å². The van der Waals surface area contributed by atoms with E-state index in [1.165, 1.54) is 13.8 Å². The van der Waals surface area contributed by atoms with Gasteiger partial charge in [-0.1, -0.05) is 13.8 Å². The quantitative estimate of drug-likeness (QED) is 0.345. The maximum absolute atomic E-state index is 10.1. The Kier molecular flexibility index (Phi) is 6.31. The van der Waals surface area contributed by atoms with E-state index in [9.17, 15) is 8.42 Å². The van der Waals surface area contributed by atoms with Crippen LogP contribution in [0.3, 0.4) is 0 Å². The molecule has 0 aromatic rings. The van der Waals surface area contributed by atoms with Gasteiger partial charge in [0, 0.05) is 0 Å². The zero-order valence-electron chi connectivity index (χ0n) is 6.27. The monoisotopic (exact) mass is 177 g/mol. The van der Waals surface area contributed by atoms with Crippen molar-refractivity contribution in [1.82, 2.24) is 0 Å². The van der Waals surface area contributed by atoms with Crippen LogP contribution >= 0.6 is 0 Å². The van der Waals surface area contributed by atoms with Crippen molar-refractivity contribution in [2.45, 2.75) is 19.3 Å². The fourth-order valence-electron chi connectivity index (χ4n) is 0.344. The molecule has 0 aliphatic heterocycles. The van der Waals surface area contributed by atoms with Gasteiger partial charge in [0.15, 0.2) is 5.44 Å². The summed E-state index contributed by atoms with van der Waals surface area (Å²) in [5.74, 6) is -0.472. The van der Waals surface area contributed by atoms with Crippen LogP contribution in [0.4, 0.5) is 0 Å². The standard InChI is InChI=1S/C4H10O4S.Na/c1-3(2)4(5)9(6,7)8;/h3-5H,1-2H3,(H,6,7,8);/q;+1. The van der Waals surface area contributed by atoms with E-state index in [0.717, 1.165) is 0 Å². The molecule has 0 aromatic carbocycles. The third-order valence-electron chi connectivity index (χ3n) is 0.875. The second-order valence-corrected chi connectivity index (χ2v) is 3.66. The van der Waals surface area contributed by atoms with Crippen molar-refractivity contribution in [3.63, 3.8) is 0 Å². The second-order valence-electron chi connectivity index (χ2n) is 2.15. The third kappa shape index (κ3) is 4.65. The van der Waals surface area contributed by atoms with E-state index in [1.807, 2.05) is 0 Å². The molecule has 0 radical (unpaired) electrons. The van der Waals surface area contributed by atoms with Gasteiger partial charge in [-0.3, -0.25) is 4.55 Å². The van der Waals surface area contributed by atoms with Crippen molar-refractivity contribution >= 4 is 10.1 Å². The Hall–Kier alpha value is 0.870. The van der Waals surface area contributed by atoms with Crippen LogP contribution in [0.2, 0.25) is 0 Å². The summed E-state index contributed by atoms with van der Waals surface area (Å²) in [5, 5.41) is 8.62. The molecule has 10 heavy (non-hydrogen) atoms. The second kappa shape index (κ2) is 4.69. The van der Waals surface area contributed by atoms with Crippen molar-refractivity contribution < 1.29 is 47.6 Å². The minimum atomic E-state index is -4.25. The molecule has 0 aliphatic carbocycles. The fourth-order valence-corrected chi connectivity index (χ4v) is 1.03. The van der Waals surface area contributed by atoms with Crippen molar-refractivity contribution in [3.8, 4) is 0 Å². The average molecular weight is 177 g/mol. The molecule has 0 amide bonds. The molecule has 0 bridgehead atoms. The van der Waals surface area contributed by atoms with Crippen LogP contribution in [-0.2, 0) is 10.1 Å². The molecule has 0 heterocycles. The Morgan fingerprint density at radius 2 is 1.60 bits per heavy atom. The molecule has 1 unspecified atom stereocenters. The van der Waals surface area contributed by atoms with Gasteiger partial charge in [-0.05, 0) is 5.92 Å². The summed E-state index contributed by atoms with van der Waals surface area (Å²) < 4.78 is 28.3. The van der Waals surface area contributed by atoms with Gasteiger partial charge in [0.1, 0.15) is 0 Å². The molecule has 0 fully saturated rings. The molecule has 0 aliphatic rings. The Morgan fingerprint density at radius 1 is 1.30 bits per heavy atom. The summed E-state index contributed by atoms with van der Waals surface area (Å²) in [6, 6.07) is 0. The van der Waals surface area contributed by atoms with Gasteiger partial charge in [-0.25, -0.2) is 0 Å². The number of aliphatic hydroxyl groups excluding tert-OH is 1. The predicted octanol–water partition coefficient (Wildman–Crippen LogP) is -3.15. The van der Waals surface area contributed by atoms with Crippen LogP contribution in [0, 0.1) is 5.92 Å². The van der Waals surface area contributed by atoms with Crippen LogP contribution < -0.4 is 29.6 Å². The van der Waals surface area contributed by atoms with Gasteiger partial charge in [-0.2, -0.15) is 8.42 Å². The SMILES string of the molecule is CC(C)C(O)S(=O)(=O)O.[Na+]. The van der Waals surface area contributed by atoms with E-state index in [-0.39, 0.29) is 29.6 Å². The molecule has 56 valence electrons. The summed E-state index contributed by atoms with van der Waals surface area (Å²) in [4.78, 5) is 0. The molecule has 2 N–H and O–H groups in total. The molecule has 6 heteroatoms. The van der Waals surface area contributed by atoms with Crippen LogP contribution in [0.1, 0.15) is 13.8 Å². The van der Waals surface area contributed by atoms with Crippen molar-refractivity contribution in [1.29, 1.82) is 0 Å². The van der Waals surface area contributed by atoms with Gasteiger partial charge >= 0.3 is 29.6 Å². The molecule has 0 saturated heterocycles. The molecule has 0 saturated carbocycles. The van der Waals surface area contributed by atoms with Gasteiger partial charge in [0.2, 0.25) is 0 Å². The number of hydrogen-bond donors (Lipinski definition) is 2. The Morgan fingerprint density at radius 3 is 1.60 bits per heavy atom. The van der Waals surface area contributed by atoms with E-state index in [1.54, 1.807) is 0 Å². The summed E-state index contributed by atoms with van der Waals surface area (Å²) in [6.07, 6.45) is 0. The largest absolute Gasteiger partial charge is 1.00 e. The first-order valence-corrected chi connectivity index (χ1v) is 4.00. The van der Waals surface area contributed by atoms with Gasteiger partial charge < -0.3 is 5.11 Å². The minimum absolute atomic E-state index is 0. The van der Waals surface area contributed by atoms with Crippen molar-refractivity contribution in [3.05, 3.63) is 0 Å². The first-order valence-electron chi connectivity index (χ1n) is 2.50. The first kappa shape index (κ1) is 13.5. The van der Waals surface area contributed by atoms with E-state index < -0.39 is 21.5 Å². The topological polar surface area (TPSA) is 74.6 Å². The minimum Gasteiger partial charge on any atom is -0.375 e. The summed E-state index contributed by atoms with van der Waals surface area (Å²) in [5.41, 5.74) is -1.66. The summed E-state index contributed by atoms with van der Waals surface area (Å²) in [6.45, 7) is 3.00. The predicted molar refractivity (Wildman–Crippen MR) is 32.4 cm³/mol. The van der Waals surface area contributed by atoms with E-state index in [4.69, 9.17) is 9.66 Å². The molecule has 4 nitrogen and oxygen atoms in total. The molecular formula is C4H10NaO4S+. The molecule has 0 spiro atoms. The molecule has 0 aromatic heterocycles. The van der Waals surface area contributed by atoms with E-state index in [0.29, 0.717) is 0 Å². The molecular weight excluding hydrogens is 167 g/mol. The zero-order valence-corrected chi connectivity index (χ0v) is 9.09. The Bertz CT molecular complexity index is 174. The average Bonchev–Trinajstić information content (AvgIpc) is 1.62. The third-order valence-corrected chi connectivity index (χ3v) is 2.03. The van der Waals surface area contributed by atoms with E-state index >= 15 is 0 Å². The Balaban J connectivity index is 0. The zero-order chi connectivity index (χ0) is 7.65. The Labute approximate surface area is 82.7 Å². The normalized spacial score (nSPS) is 14.5. The maximum Gasteiger partial charge on any atom is 1.00 e. The number of hydrogen-bond acceptors (Lipinski definition) is 3. The fraction of sp³-hybridized carbons (Fsp3) is 1.00. The van der Waals surface area contributed by atoms with Crippen LogP contribution in [0.15, 0.2) is 0 Å². The maximum atomic E-state index is 10.1. The number of rotatable bonds is 2. The number of aliphatic hydroxyl groups is 1.